The number of ketones is 2. The molecule has 8 rings (SSSR count). The van der Waals surface area contributed by atoms with Crippen molar-refractivity contribution in [3.05, 3.63) is 114 Å². The number of thiophene rings is 2. The lowest BCUT2D eigenvalue weighted by molar-refractivity contribution is -0.138. The second kappa shape index (κ2) is 18.9. The Morgan fingerprint density at radius 3 is 1.67 bits per heavy atom. The first-order valence-electron chi connectivity index (χ1n) is 21.8. The van der Waals surface area contributed by atoms with Gasteiger partial charge in [0.15, 0.2) is 0 Å². The van der Waals surface area contributed by atoms with Crippen molar-refractivity contribution in [1.29, 1.82) is 0 Å². The van der Waals surface area contributed by atoms with E-state index in [1.54, 1.807) is 42.1 Å². The van der Waals surface area contributed by atoms with Crippen LogP contribution in [0.25, 0.3) is 0 Å². The maximum Gasteiger partial charge on any atom is 0.295 e. The van der Waals surface area contributed by atoms with Crippen LogP contribution in [0.15, 0.2) is 59.3 Å². The third-order valence-corrected chi connectivity index (χ3v) is 14.4. The minimum atomic E-state index is -0.718. The molecule has 2 saturated heterocycles. The number of benzene rings is 2. The molecule has 0 bridgehead atoms. The number of nitrogens with zero attached hydrogens (tertiary/aromatic N) is 3. The SMILES string of the molecule is CC(C)(C)c1ccc(C(=O)C(=O)NCc2csc3c2CN(C2CCC(=O)NC2=O)C3=O)cc1.CN(Cc1scc2c1CN(C1CCC(=O)NC1=O)C2=O)C(=O)C(=O)c1ccc(C(C)(C)C)cc1. The molecule has 0 radical (unpaired) electrons. The summed E-state index contributed by atoms with van der Waals surface area (Å²) in [7, 11) is 1.56. The minimum absolute atomic E-state index is 0.0533. The van der Waals surface area contributed by atoms with E-state index in [0.29, 0.717) is 34.4 Å². The highest BCUT2D eigenvalue weighted by Gasteiger charge is 2.42. The Balaban J connectivity index is 0.000000199. The number of fused-ring (bicyclic) bond motifs is 2. The molecular weight excluding hydrogens is 897 g/mol. The third-order valence-electron chi connectivity index (χ3n) is 12.3. The molecule has 2 unspecified atom stereocenters. The quantitative estimate of drug-likeness (QED) is 0.110. The monoisotopic (exact) mass is 948 g/mol. The highest BCUT2D eigenvalue weighted by molar-refractivity contribution is 7.12. The van der Waals surface area contributed by atoms with Gasteiger partial charge >= 0.3 is 0 Å². The molecule has 3 N–H and O–H groups in total. The predicted molar refractivity (Wildman–Crippen MR) is 248 cm³/mol. The lowest BCUT2D eigenvalue weighted by Crippen LogP contribution is -2.52. The number of amides is 8. The summed E-state index contributed by atoms with van der Waals surface area (Å²) in [4.78, 5) is 129. The lowest BCUT2D eigenvalue weighted by atomic mass is 9.86. The van der Waals surface area contributed by atoms with Crippen molar-refractivity contribution in [2.45, 2.75) is 116 Å². The first-order valence-corrected chi connectivity index (χ1v) is 23.6. The van der Waals surface area contributed by atoms with Crippen LogP contribution in [-0.4, -0.2) is 92.7 Å². The van der Waals surface area contributed by atoms with Gasteiger partial charge in [0.05, 0.1) is 17.0 Å². The fourth-order valence-electron chi connectivity index (χ4n) is 8.27. The van der Waals surface area contributed by atoms with Crippen LogP contribution in [0.1, 0.15) is 141 Å². The predicted octanol–water partition coefficient (Wildman–Crippen LogP) is 4.95. The van der Waals surface area contributed by atoms with E-state index in [1.807, 2.05) is 24.3 Å². The van der Waals surface area contributed by atoms with Crippen molar-refractivity contribution in [2.24, 2.45) is 0 Å². The number of nitrogens with one attached hydrogen (secondary N) is 3. The smallest absolute Gasteiger partial charge is 0.295 e. The third kappa shape index (κ3) is 10.2. The van der Waals surface area contributed by atoms with Gasteiger partial charge in [-0.15, -0.1) is 22.7 Å². The van der Waals surface area contributed by atoms with Crippen LogP contribution in [0.4, 0.5) is 0 Å². The van der Waals surface area contributed by atoms with E-state index in [4.69, 9.17) is 0 Å². The highest BCUT2D eigenvalue weighted by atomic mass is 32.1. The fraction of sp³-hybridized carbons (Fsp3) is 0.388. The number of hydrogen-bond donors (Lipinski definition) is 3. The van der Waals surface area contributed by atoms with Gasteiger partial charge in [0.2, 0.25) is 35.2 Å². The Morgan fingerprint density at radius 2 is 1.16 bits per heavy atom. The first kappa shape index (κ1) is 48.3. The molecule has 6 heterocycles. The van der Waals surface area contributed by atoms with Gasteiger partial charge in [0.1, 0.15) is 12.1 Å². The van der Waals surface area contributed by atoms with Gasteiger partial charge < -0.3 is 20.0 Å². The molecule has 2 aromatic heterocycles. The summed E-state index contributed by atoms with van der Waals surface area (Å²) < 4.78 is 0. The number of imide groups is 2. The maximum atomic E-state index is 12.9. The van der Waals surface area contributed by atoms with Crippen LogP contribution in [-0.2, 0) is 65.8 Å². The second-order valence-electron chi connectivity index (χ2n) is 19.1. The summed E-state index contributed by atoms with van der Waals surface area (Å²) >= 11 is 2.61. The average molecular weight is 949 g/mol. The van der Waals surface area contributed by atoms with E-state index in [9.17, 15) is 47.9 Å². The number of likely N-dealkylation sites (N-methyl/N-ethyl adjacent to an activating group) is 1. The minimum Gasteiger partial charge on any atom is -0.345 e. The molecule has 67 heavy (non-hydrogen) atoms. The normalized spacial score (nSPS) is 18.1. The average Bonchev–Trinajstić information content (AvgIpc) is 4.04. The molecule has 0 saturated carbocycles. The van der Waals surface area contributed by atoms with Crippen LogP contribution in [0.5, 0.6) is 0 Å². The molecule has 0 spiro atoms. The Kier molecular flexibility index (Phi) is 13.6. The van der Waals surface area contributed by atoms with Crippen LogP contribution in [0, 0.1) is 0 Å². The van der Waals surface area contributed by atoms with Crippen LogP contribution < -0.4 is 16.0 Å². The van der Waals surface area contributed by atoms with Gasteiger partial charge in [-0.25, -0.2) is 0 Å². The summed E-state index contributed by atoms with van der Waals surface area (Å²) in [6.07, 6.45) is 0.964. The Labute approximate surface area is 395 Å². The molecular formula is C49H52N6O10S2. The van der Waals surface area contributed by atoms with E-state index >= 15 is 0 Å². The first-order chi connectivity index (χ1) is 31.5. The molecule has 2 fully saturated rings. The molecule has 0 aliphatic carbocycles. The molecule has 350 valence electrons. The topological polar surface area (TPSA) is 217 Å². The van der Waals surface area contributed by atoms with Gasteiger partial charge in [-0.3, -0.25) is 58.6 Å². The van der Waals surface area contributed by atoms with E-state index in [2.05, 4.69) is 57.5 Å². The standard InChI is InChI=1S/C25H27N3O5S.C24H25N3O5S/c1-25(2,3)15-7-5-14(6-8-15)21(30)24(33)27(4)12-19-16-11-28(23(32)17(16)13-34-19)18-9-10-20(29)26-22(18)31;1-24(2,3)15-6-4-13(5-7-15)19(29)22(31)25-10-14-12-33-20-16(14)11-27(23(20)32)17-8-9-18(28)26-21(17)30/h5-8,13,18H,9-12H2,1-4H3,(H,26,29,31);4-7,12,17H,8-11H2,1-3H3,(H,25,31)(H,26,28,30). The van der Waals surface area contributed by atoms with Gasteiger partial charge in [0.25, 0.3) is 23.6 Å². The van der Waals surface area contributed by atoms with Gasteiger partial charge in [-0.2, -0.15) is 0 Å². The van der Waals surface area contributed by atoms with Gasteiger partial charge in [-0.1, -0.05) is 90.1 Å². The van der Waals surface area contributed by atoms with Crippen molar-refractivity contribution < 1.29 is 47.9 Å². The molecule has 2 atom stereocenters. The van der Waals surface area contributed by atoms with Crippen molar-refractivity contribution in [3.63, 3.8) is 0 Å². The molecule has 4 aliphatic rings. The Bertz CT molecular complexity index is 2720. The zero-order valence-electron chi connectivity index (χ0n) is 38.3. The maximum absolute atomic E-state index is 12.9. The zero-order chi connectivity index (χ0) is 48.7. The Hall–Kier alpha value is -6.66. The van der Waals surface area contributed by atoms with E-state index in [1.165, 1.54) is 37.4 Å². The van der Waals surface area contributed by atoms with Crippen molar-refractivity contribution in [3.8, 4) is 0 Å². The Morgan fingerprint density at radius 1 is 0.672 bits per heavy atom. The summed E-state index contributed by atoms with van der Waals surface area (Å²) in [5.41, 5.74) is 5.44. The van der Waals surface area contributed by atoms with Crippen molar-refractivity contribution >= 4 is 81.5 Å². The fourth-order valence-corrected chi connectivity index (χ4v) is 10.4. The van der Waals surface area contributed by atoms with Crippen LogP contribution in [0.3, 0.4) is 0 Å². The number of rotatable bonds is 10. The largest absolute Gasteiger partial charge is 0.345 e. The molecule has 18 heteroatoms. The number of carbonyl (C=O) groups is 10. The molecule has 4 aliphatic heterocycles. The van der Waals surface area contributed by atoms with Crippen molar-refractivity contribution in [2.75, 3.05) is 7.05 Å². The van der Waals surface area contributed by atoms with E-state index in [0.717, 1.165) is 32.7 Å². The summed E-state index contributed by atoms with van der Waals surface area (Å²) in [6.45, 7) is 13.2. The van der Waals surface area contributed by atoms with E-state index in [-0.39, 0.29) is 73.5 Å². The van der Waals surface area contributed by atoms with Crippen molar-refractivity contribution in [1.82, 2.24) is 30.7 Å². The lowest BCUT2D eigenvalue weighted by Gasteiger charge is -2.29. The van der Waals surface area contributed by atoms with Gasteiger partial charge in [0, 0.05) is 66.5 Å². The van der Waals surface area contributed by atoms with Gasteiger partial charge in [-0.05, 0) is 51.3 Å². The van der Waals surface area contributed by atoms with Crippen LogP contribution in [0.2, 0.25) is 0 Å². The number of carbonyl (C=O) groups excluding carboxylic acids is 10. The second-order valence-corrected chi connectivity index (χ2v) is 20.9. The molecule has 8 amide bonds. The number of Topliss-reactive ketones (excluding diaryl/α,β-unsaturated/α-hetero) is 2. The number of hydrogen-bond acceptors (Lipinski definition) is 12. The summed E-state index contributed by atoms with van der Waals surface area (Å²) in [5, 5.41) is 10.7. The zero-order valence-corrected chi connectivity index (χ0v) is 40.0. The summed E-state index contributed by atoms with van der Waals surface area (Å²) in [5.74, 6) is -4.65. The highest BCUT2D eigenvalue weighted by Crippen LogP contribution is 2.36. The molecule has 2 aromatic carbocycles. The summed E-state index contributed by atoms with van der Waals surface area (Å²) in [6, 6.07) is 12.7. The molecule has 16 nitrogen and oxygen atoms in total. The van der Waals surface area contributed by atoms with Crippen LogP contribution >= 0.6 is 22.7 Å². The molecule has 4 aromatic rings. The van der Waals surface area contributed by atoms with E-state index < -0.39 is 47.3 Å². The number of piperidine rings is 2.